The molecule has 0 saturated carbocycles. The minimum atomic E-state index is -0.0135. The third-order valence-electron chi connectivity index (χ3n) is 3.09. The van der Waals surface area contributed by atoms with Crippen molar-refractivity contribution < 1.29 is 4.74 Å². The number of benzene rings is 1. The van der Waals surface area contributed by atoms with Gasteiger partial charge in [-0.25, -0.2) is 0 Å². The number of aromatic nitrogens is 1. The van der Waals surface area contributed by atoms with Crippen LogP contribution in [0.1, 0.15) is 16.7 Å². The standard InChI is InChI=1S/C17H18N2O2/c1-13-7-9-19(17(20)10-13)12-14-5-6-16(21-2)15(11-14)4-3-8-18/h5-7,9-11H,8,12,18H2,1-2H3. The molecule has 0 aliphatic heterocycles. The highest BCUT2D eigenvalue weighted by atomic mass is 16.5. The predicted molar refractivity (Wildman–Crippen MR) is 83.5 cm³/mol. The van der Waals surface area contributed by atoms with Crippen LogP contribution in [0.25, 0.3) is 0 Å². The summed E-state index contributed by atoms with van der Waals surface area (Å²) in [6.07, 6.45) is 1.80. The number of hydrogen-bond donors (Lipinski definition) is 1. The number of aryl methyl sites for hydroxylation is 1. The van der Waals surface area contributed by atoms with Crippen LogP contribution in [-0.2, 0) is 6.54 Å². The lowest BCUT2D eigenvalue weighted by molar-refractivity contribution is 0.413. The lowest BCUT2D eigenvalue weighted by Crippen LogP contribution is -2.19. The summed E-state index contributed by atoms with van der Waals surface area (Å²) in [5, 5.41) is 0. The smallest absolute Gasteiger partial charge is 0.251 e. The highest BCUT2D eigenvalue weighted by Crippen LogP contribution is 2.19. The number of nitrogens with two attached hydrogens (primary N) is 1. The first-order chi connectivity index (χ1) is 10.1. The number of hydrogen-bond acceptors (Lipinski definition) is 3. The van der Waals surface area contributed by atoms with Gasteiger partial charge >= 0.3 is 0 Å². The van der Waals surface area contributed by atoms with E-state index in [0.717, 1.165) is 16.7 Å². The molecule has 0 amide bonds. The van der Waals surface area contributed by atoms with Gasteiger partial charge in [-0.05, 0) is 36.2 Å². The Bertz CT molecular complexity index is 751. The van der Waals surface area contributed by atoms with Crippen LogP contribution in [0.2, 0.25) is 0 Å². The normalized spacial score (nSPS) is 9.86. The monoisotopic (exact) mass is 282 g/mol. The van der Waals surface area contributed by atoms with Crippen LogP contribution in [0.5, 0.6) is 5.75 Å². The fourth-order valence-corrected chi connectivity index (χ4v) is 2.03. The second kappa shape index (κ2) is 6.78. The van der Waals surface area contributed by atoms with Crippen LogP contribution in [0.4, 0.5) is 0 Å². The van der Waals surface area contributed by atoms with E-state index in [1.165, 1.54) is 0 Å². The van der Waals surface area contributed by atoms with Crippen LogP contribution in [-0.4, -0.2) is 18.2 Å². The summed E-state index contributed by atoms with van der Waals surface area (Å²) in [5.41, 5.74) is 8.12. The molecular weight excluding hydrogens is 264 g/mol. The topological polar surface area (TPSA) is 57.2 Å². The summed E-state index contributed by atoms with van der Waals surface area (Å²) in [5.74, 6) is 6.51. The molecule has 0 unspecified atom stereocenters. The number of methoxy groups -OCH3 is 1. The summed E-state index contributed by atoms with van der Waals surface area (Å²) in [6, 6.07) is 9.25. The molecular formula is C17H18N2O2. The lowest BCUT2D eigenvalue weighted by atomic mass is 10.1. The first-order valence-electron chi connectivity index (χ1n) is 6.67. The highest BCUT2D eigenvalue weighted by Gasteiger charge is 2.04. The molecule has 0 aliphatic rings. The molecule has 4 nitrogen and oxygen atoms in total. The van der Waals surface area contributed by atoms with E-state index in [2.05, 4.69) is 11.8 Å². The zero-order chi connectivity index (χ0) is 15.2. The molecule has 0 atom stereocenters. The summed E-state index contributed by atoms with van der Waals surface area (Å²) in [6.45, 7) is 2.70. The molecule has 0 saturated heterocycles. The molecule has 1 aromatic heterocycles. The van der Waals surface area contributed by atoms with Gasteiger partial charge in [0, 0.05) is 12.3 Å². The Balaban J connectivity index is 2.34. The van der Waals surface area contributed by atoms with E-state index in [1.54, 1.807) is 23.9 Å². The molecule has 21 heavy (non-hydrogen) atoms. The molecule has 108 valence electrons. The largest absolute Gasteiger partial charge is 0.495 e. The average Bonchev–Trinajstić information content (AvgIpc) is 2.48. The van der Waals surface area contributed by atoms with Crippen LogP contribution < -0.4 is 16.0 Å². The molecule has 1 aromatic carbocycles. The molecule has 0 bridgehead atoms. The van der Waals surface area contributed by atoms with Gasteiger partial charge in [0.25, 0.3) is 5.56 Å². The van der Waals surface area contributed by atoms with Gasteiger partial charge in [0.05, 0.1) is 25.8 Å². The Hall–Kier alpha value is -2.51. The van der Waals surface area contributed by atoms with Crippen LogP contribution in [0.15, 0.2) is 41.3 Å². The van der Waals surface area contributed by atoms with E-state index in [1.807, 2.05) is 31.2 Å². The van der Waals surface area contributed by atoms with Crippen LogP contribution >= 0.6 is 0 Å². The van der Waals surface area contributed by atoms with Crippen molar-refractivity contribution in [2.75, 3.05) is 13.7 Å². The number of rotatable bonds is 3. The number of nitrogens with zero attached hydrogens (tertiary/aromatic N) is 1. The van der Waals surface area contributed by atoms with Gasteiger partial charge in [-0.3, -0.25) is 4.79 Å². The van der Waals surface area contributed by atoms with Gasteiger partial charge in [-0.15, -0.1) is 0 Å². The maximum atomic E-state index is 11.9. The minimum Gasteiger partial charge on any atom is -0.495 e. The Morgan fingerprint density at radius 1 is 1.29 bits per heavy atom. The quantitative estimate of drug-likeness (QED) is 0.868. The minimum absolute atomic E-state index is 0.0135. The highest BCUT2D eigenvalue weighted by molar-refractivity contribution is 5.48. The first-order valence-corrected chi connectivity index (χ1v) is 6.67. The average molecular weight is 282 g/mol. The number of pyridine rings is 1. The maximum absolute atomic E-state index is 11.9. The van der Waals surface area contributed by atoms with Gasteiger partial charge in [0.15, 0.2) is 0 Å². The zero-order valence-electron chi connectivity index (χ0n) is 12.2. The maximum Gasteiger partial charge on any atom is 0.251 e. The second-order valence-corrected chi connectivity index (χ2v) is 4.71. The van der Waals surface area contributed by atoms with Gasteiger partial charge < -0.3 is 15.0 Å². The molecule has 2 aromatic rings. The molecule has 0 fully saturated rings. The van der Waals surface area contributed by atoms with Crippen molar-refractivity contribution in [2.45, 2.75) is 13.5 Å². The van der Waals surface area contributed by atoms with Crippen molar-refractivity contribution in [2.24, 2.45) is 5.73 Å². The molecule has 4 heteroatoms. The van der Waals surface area contributed by atoms with Crippen molar-refractivity contribution in [3.63, 3.8) is 0 Å². The Kier molecular flexibility index (Phi) is 4.81. The molecule has 2 N–H and O–H groups in total. The van der Waals surface area contributed by atoms with E-state index in [0.29, 0.717) is 18.8 Å². The van der Waals surface area contributed by atoms with Crippen molar-refractivity contribution in [1.29, 1.82) is 0 Å². The SMILES string of the molecule is COc1ccc(Cn2ccc(C)cc2=O)cc1C#CCN. The lowest BCUT2D eigenvalue weighted by Gasteiger charge is -2.09. The summed E-state index contributed by atoms with van der Waals surface area (Å²) in [7, 11) is 1.60. The summed E-state index contributed by atoms with van der Waals surface area (Å²) < 4.78 is 6.94. The molecule has 0 aliphatic carbocycles. The van der Waals surface area contributed by atoms with Gasteiger partial charge in [0.2, 0.25) is 0 Å². The van der Waals surface area contributed by atoms with E-state index >= 15 is 0 Å². The van der Waals surface area contributed by atoms with Crippen molar-refractivity contribution in [3.05, 3.63) is 63.6 Å². The predicted octanol–water partition coefficient (Wildman–Crippen LogP) is 1.52. The van der Waals surface area contributed by atoms with E-state index in [-0.39, 0.29) is 5.56 Å². The van der Waals surface area contributed by atoms with Gasteiger partial charge in [-0.2, -0.15) is 0 Å². The molecule has 2 rings (SSSR count). The number of ether oxygens (including phenoxy) is 1. The molecule has 0 spiro atoms. The fraction of sp³-hybridized carbons (Fsp3) is 0.235. The van der Waals surface area contributed by atoms with Crippen LogP contribution in [0, 0.1) is 18.8 Å². The van der Waals surface area contributed by atoms with E-state index in [4.69, 9.17) is 10.5 Å². The third-order valence-corrected chi connectivity index (χ3v) is 3.09. The van der Waals surface area contributed by atoms with Crippen molar-refractivity contribution in [1.82, 2.24) is 4.57 Å². The van der Waals surface area contributed by atoms with Gasteiger partial charge in [-0.1, -0.05) is 17.9 Å². The third kappa shape index (κ3) is 3.74. The second-order valence-electron chi connectivity index (χ2n) is 4.71. The van der Waals surface area contributed by atoms with E-state index in [9.17, 15) is 4.79 Å². The fourth-order valence-electron chi connectivity index (χ4n) is 2.03. The Morgan fingerprint density at radius 3 is 2.76 bits per heavy atom. The van der Waals surface area contributed by atoms with Crippen molar-refractivity contribution in [3.8, 4) is 17.6 Å². The van der Waals surface area contributed by atoms with Crippen LogP contribution in [0.3, 0.4) is 0 Å². The first kappa shape index (κ1) is 14.9. The Labute approximate surface area is 124 Å². The molecule has 1 heterocycles. The Morgan fingerprint density at radius 2 is 2.10 bits per heavy atom. The summed E-state index contributed by atoms with van der Waals surface area (Å²) >= 11 is 0. The van der Waals surface area contributed by atoms with E-state index < -0.39 is 0 Å². The van der Waals surface area contributed by atoms with Gasteiger partial charge in [0.1, 0.15) is 5.75 Å². The molecule has 0 radical (unpaired) electrons. The van der Waals surface area contributed by atoms with Crippen molar-refractivity contribution >= 4 is 0 Å². The summed E-state index contributed by atoms with van der Waals surface area (Å²) in [4.78, 5) is 11.9. The zero-order valence-corrected chi connectivity index (χ0v) is 12.2.